The zero-order valence-corrected chi connectivity index (χ0v) is 16.9. The van der Waals surface area contributed by atoms with Gasteiger partial charge in [-0.3, -0.25) is 4.79 Å². The van der Waals surface area contributed by atoms with Crippen molar-refractivity contribution in [3.63, 3.8) is 0 Å². The third-order valence-corrected chi connectivity index (χ3v) is 8.53. The van der Waals surface area contributed by atoms with Gasteiger partial charge in [0.1, 0.15) is 6.10 Å². The number of hydrogen-bond acceptors (Lipinski definition) is 4. The molecule has 0 aromatic heterocycles. The summed E-state index contributed by atoms with van der Waals surface area (Å²) in [7, 11) is 0. The van der Waals surface area contributed by atoms with Crippen LogP contribution in [-0.2, 0) is 9.53 Å². The Balaban J connectivity index is 2.02. The zero-order chi connectivity index (χ0) is 19.3. The van der Waals surface area contributed by atoms with Crippen molar-refractivity contribution < 1.29 is 19.7 Å². The van der Waals surface area contributed by atoms with E-state index in [-0.39, 0.29) is 29.5 Å². The molecule has 26 heavy (non-hydrogen) atoms. The van der Waals surface area contributed by atoms with Crippen LogP contribution in [0.25, 0.3) is 0 Å². The standard InChI is InChI=1S/C22H36O4/c1-14-7-6-8-17-21(14,4)10-9-16-11-20(3,18(25)13-23)12-19(22(16,17)5)26-15(2)24/h16-19,23,25H,1,6-13H2,2-5H3. The monoisotopic (exact) mass is 364 g/mol. The Morgan fingerprint density at radius 1 is 1.31 bits per heavy atom. The number of aliphatic hydroxyl groups excluding tert-OH is 2. The van der Waals surface area contributed by atoms with E-state index in [1.165, 1.54) is 12.5 Å². The summed E-state index contributed by atoms with van der Waals surface area (Å²) in [6, 6.07) is 0. The summed E-state index contributed by atoms with van der Waals surface area (Å²) >= 11 is 0. The second-order valence-corrected chi connectivity index (χ2v) is 9.93. The number of carbonyl (C=O) groups is 1. The van der Waals surface area contributed by atoms with Crippen molar-refractivity contribution in [2.45, 2.75) is 84.8 Å². The fraction of sp³-hybridized carbons (Fsp3) is 0.864. The third-order valence-electron chi connectivity index (χ3n) is 8.53. The fourth-order valence-corrected chi connectivity index (χ4v) is 6.75. The predicted octanol–water partition coefficient (Wildman–Crippen LogP) is 3.85. The van der Waals surface area contributed by atoms with E-state index < -0.39 is 11.5 Å². The summed E-state index contributed by atoms with van der Waals surface area (Å²) in [5.74, 6) is 0.588. The minimum Gasteiger partial charge on any atom is -0.462 e. The Bertz CT molecular complexity index is 587. The zero-order valence-electron chi connectivity index (χ0n) is 16.9. The fourth-order valence-electron chi connectivity index (χ4n) is 6.75. The van der Waals surface area contributed by atoms with E-state index >= 15 is 0 Å². The Morgan fingerprint density at radius 3 is 2.62 bits per heavy atom. The first-order valence-electron chi connectivity index (χ1n) is 10.2. The van der Waals surface area contributed by atoms with Gasteiger partial charge in [-0.25, -0.2) is 0 Å². The lowest BCUT2D eigenvalue weighted by Crippen LogP contribution is -2.62. The number of aliphatic hydroxyl groups is 2. The summed E-state index contributed by atoms with van der Waals surface area (Å²) < 4.78 is 5.92. The van der Waals surface area contributed by atoms with Gasteiger partial charge in [0.15, 0.2) is 0 Å². The molecule has 4 nitrogen and oxygen atoms in total. The quantitative estimate of drug-likeness (QED) is 0.590. The van der Waals surface area contributed by atoms with Gasteiger partial charge in [0, 0.05) is 12.3 Å². The first-order valence-corrected chi connectivity index (χ1v) is 10.2. The van der Waals surface area contributed by atoms with Crippen LogP contribution in [0.4, 0.5) is 0 Å². The van der Waals surface area contributed by atoms with Crippen LogP contribution in [0, 0.1) is 28.1 Å². The minimum atomic E-state index is -0.778. The van der Waals surface area contributed by atoms with Crippen LogP contribution >= 0.6 is 0 Å². The number of rotatable bonds is 3. The summed E-state index contributed by atoms with van der Waals surface area (Å²) in [6.07, 6.45) is 6.09. The van der Waals surface area contributed by atoms with E-state index in [9.17, 15) is 15.0 Å². The molecule has 4 heteroatoms. The lowest BCUT2D eigenvalue weighted by atomic mass is 9.41. The van der Waals surface area contributed by atoms with Gasteiger partial charge in [0.05, 0.1) is 12.7 Å². The maximum Gasteiger partial charge on any atom is 0.302 e. The predicted molar refractivity (Wildman–Crippen MR) is 101 cm³/mol. The molecule has 7 unspecified atom stereocenters. The van der Waals surface area contributed by atoms with E-state index in [0.29, 0.717) is 18.3 Å². The summed E-state index contributed by atoms with van der Waals surface area (Å²) in [6.45, 7) is 12.4. The molecule has 148 valence electrons. The molecule has 0 heterocycles. The van der Waals surface area contributed by atoms with Gasteiger partial charge in [-0.15, -0.1) is 0 Å². The van der Waals surface area contributed by atoms with Gasteiger partial charge in [0.25, 0.3) is 0 Å². The van der Waals surface area contributed by atoms with E-state index in [1.54, 1.807) is 0 Å². The van der Waals surface area contributed by atoms with Gasteiger partial charge in [-0.05, 0) is 67.6 Å². The van der Waals surface area contributed by atoms with Gasteiger partial charge < -0.3 is 14.9 Å². The molecule has 0 bridgehead atoms. The number of esters is 1. The second-order valence-electron chi connectivity index (χ2n) is 9.93. The highest BCUT2D eigenvalue weighted by molar-refractivity contribution is 5.66. The lowest BCUT2D eigenvalue weighted by Gasteiger charge is -2.65. The topological polar surface area (TPSA) is 66.8 Å². The molecule has 0 aromatic carbocycles. The van der Waals surface area contributed by atoms with Crippen molar-refractivity contribution >= 4 is 5.97 Å². The smallest absolute Gasteiger partial charge is 0.302 e. The lowest BCUT2D eigenvalue weighted by molar-refractivity contribution is -0.211. The molecular formula is C22H36O4. The highest BCUT2D eigenvalue weighted by Gasteiger charge is 2.63. The molecular weight excluding hydrogens is 328 g/mol. The highest BCUT2D eigenvalue weighted by atomic mass is 16.5. The van der Waals surface area contributed by atoms with E-state index in [4.69, 9.17) is 4.74 Å². The first-order chi connectivity index (χ1) is 12.1. The Morgan fingerprint density at radius 2 is 2.00 bits per heavy atom. The van der Waals surface area contributed by atoms with Crippen LogP contribution < -0.4 is 0 Å². The first kappa shape index (κ1) is 19.9. The molecule has 3 rings (SSSR count). The van der Waals surface area contributed by atoms with Crippen LogP contribution in [0.15, 0.2) is 12.2 Å². The van der Waals surface area contributed by atoms with E-state index in [1.807, 2.05) is 6.92 Å². The van der Waals surface area contributed by atoms with Gasteiger partial charge in [0.2, 0.25) is 0 Å². The molecule has 2 N–H and O–H groups in total. The molecule has 3 fully saturated rings. The molecule has 3 aliphatic carbocycles. The molecule has 3 saturated carbocycles. The number of fused-ring (bicyclic) bond motifs is 3. The third kappa shape index (κ3) is 2.84. The van der Waals surface area contributed by atoms with Gasteiger partial charge in [-0.1, -0.05) is 32.9 Å². The molecule has 0 amide bonds. The maximum atomic E-state index is 11.9. The number of carbonyl (C=O) groups excluding carboxylic acids is 1. The van der Waals surface area contributed by atoms with Crippen molar-refractivity contribution in [1.29, 1.82) is 0 Å². The van der Waals surface area contributed by atoms with E-state index in [2.05, 4.69) is 20.4 Å². The summed E-state index contributed by atoms with van der Waals surface area (Å²) in [4.78, 5) is 11.9. The normalized spacial score (nSPS) is 46.8. The molecule has 0 saturated heterocycles. The SMILES string of the molecule is C=C1CCCC2C1(C)CCC1CC(C)(C(O)CO)CC(OC(C)=O)C12C. The molecule has 3 aliphatic rings. The van der Waals surface area contributed by atoms with Crippen molar-refractivity contribution in [2.75, 3.05) is 6.61 Å². The van der Waals surface area contributed by atoms with Crippen LogP contribution in [0.2, 0.25) is 0 Å². The van der Waals surface area contributed by atoms with Crippen LogP contribution in [-0.4, -0.2) is 35.0 Å². The van der Waals surface area contributed by atoms with Crippen LogP contribution in [0.3, 0.4) is 0 Å². The maximum absolute atomic E-state index is 11.9. The van der Waals surface area contributed by atoms with Crippen LogP contribution in [0.1, 0.15) is 72.6 Å². The highest BCUT2D eigenvalue weighted by Crippen LogP contribution is 2.67. The Labute approximate surface area is 158 Å². The molecule has 0 aromatic rings. The van der Waals surface area contributed by atoms with Gasteiger partial charge in [-0.2, -0.15) is 0 Å². The van der Waals surface area contributed by atoms with Crippen molar-refractivity contribution in [2.24, 2.45) is 28.1 Å². The average Bonchev–Trinajstić information content (AvgIpc) is 2.57. The second kappa shape index (κ2) is 6.63. The molecule has 0 radical (unpaired) electrons. The van der Waals surface area contributed by atoms with Gasteiger partial charge >= 0.3 is 5.97 Å². The largest absolute Gasteiger partial charge is 0.462 e. The Hall–Kier alpha value is -0.870. The average molecular weight is 365 g/mol. The summed E-state index contributed by atoms with van der Waals surface area (Å²) in [5.41, 5.74) is 0.958. The number of hydrogen-bond donors (Lipinski definition) is 2. The van der Waals surface area contributed by atoms with Crippen LogP contribution in [0.5, 0.6) is 0 Å². The molecule has 0 spiro atoms. The van der Waals surface area contributed by atoms with Crippen molar-refractivity contribution in [3.05, 3.63) is 12.2 Å². The summed E-state index contributed by atoms with van der Waals surface area (Å²) in [5, 5.41) is 20.1. The number of ether oxygens (including phenoxy) is 1. The van der Waals surface area contributed by atoms with E-state index in [0.717, 1.165) is 38.5 Å². The number of allylic oxidation sites excluding steroid dienone is 1. The Kier molecular flexibility index (Phi) is 5.07. The van der Waals surface area contributed by atoms with Crippen molar-refractivity contribution in [1.82, 2.24) is 0 Å². The minimum absolute atomic E-state index is 0.100. The molecule has 7 atom stereocenters. The molecule has 0 aliphatic heterocycles. The van der Waals surface area contributed by atoms with Crippen molar-refractivity contribution in [3.8, 4) is 0 Å².